The summed E-state index contributed by atoms with van der Waals surface area (Å²) < 4.78 is 1.57. The third kappa shape index (κ3) is 3.52. The zero-order valence-corrected chi connectivity index (χ0v) is 10.1. The van der Waals surface area contributed by atoms with Gasteiger partial charge in [-0.15, -0.1) is 5.10 Å². The number of aromatic nitrogens is 3. The molecule has 7 heteroatoms. The summed E-state index contributed by atoms with van der Waals surface area (Å²) in [6.07, 6.45) is 1.78. The van der Waals surface area contributed by atoms with Crippen LogP contribution in [-0.2, 0) is 17.8 Å². The zero-order chi connectivity index (χ0) is 13.8. The summed E-state index contributed by atoms with van der Waals surface area (Å²) in [5.74, 6) is -0.881. The van der Waals surface area contributed by atoms with Crippen LogP contribution in [0.15, 0.2) is 30.5 Å². The predicted octanol–water partition coefficient (Wildman–Crippen LogP) is -0.0136. The maximum Gasteiger partial charge on any atom is 0.320 e. The molecule has 0 aliphatic carbocycles. The second-order valence-corrected chi connectivity index (χ2v) is 4.23. The second kappa shape index (κ2) is 5.49. The minimum absolute atomic E-state index is 0.134. The monoisotopic (exact) mass is 262 g/mol. The molecule has 0 fully saturated rings. The number of carbonyl (C=O) groups is 1. The van der Waals surface area contributed by atoms with Gasteiger partial charge in [0.05, 0.1) is 12.2 Å². The Morgan fingerprint density at radius 1 is 1.47 bits per heavy atom. The predicted molar refractivity (Wildman–Crippen MR) is 66.5 cm³/mol. The van der Waals surface area contributed by atoms with Gasteiger partial charge in [-0.3, -0.25) is 4.79 Å². The van der Waals surface area contributed by atoms with Crippen molar-refractivity contribution in [3.63, 3.8) is 0 Å². The first kappa shape index (κ1) is 13.0. The molecular weight excluding hydrogens is 248 g/mol. The first-order valence-electron chi connectivity index (χ1n) is 5.70. The largest absolute Gasteiger partial charge is 0.508 e. The molecule has 0 bridgehead atoms. The molecule has 0 aliphatic heterocycles. The Balaban J connectivity index is 2.03. The zero-order valence-electron chi connectivity index (χ0n) is 10.1. The fourth-order valence-electron chi connectivity index (χ4n) is 1.66. The molecule has 1 atom stereocenters. The van der Waals surface area contributed by atoms with Gasteiger partial charge in [0.25, 0.3) is 0 Å². The van der Waals surface area contributed by atoms with Crippen molar-refractivity contribution in [1.82, 2.24) is 15.0 Å². The molecule has 2 aromatic rings. The Labute approximate surface area is 109 Å². The topological polar surface area (TPSA) is 114 Å². The quantitative estimate of drug-likeness (QED) is 0.698. The van der Waals surface area contributed by atoms with E-state index < -0.39 is 12.0 Å². The summed E-state index contributed by atoms with van der Waals surface area (Å²) in [6.45, 7) is 0.448. The molecule has 1 unspecified atom stereocenters. The average molecular weight is 262 g/mol. The molecule has 1 heterocycles. The minimum atomic E-state index is -1.07. The summed E-state index contributed by atoms with van der Waals surface area (Å²) in [4.78, 5) is 10.6. The molecule has 100 valence electrons. The molecule has 1 aromatic heterocycles. The Hall–Kier alpha value is -2.41. The molecule has 2 rings (SSSR count). The lowest BCUT2D eigenvalue weighted by molar-refractivity contribution is -0.138. The molecule has 0 aliphatic rings. The van der Waals surface area contributed by atoms with Crippen molar-refractivity contribution in [3.05, 3.63) is 41.7 Å². The third-order valence-electron chi connectivity index (χ3n) is 2.59. The molecular formula is C12H14N4O3. The molecule has 0 saturated carbocycles. The van der Waals surface area contributed by atoms with E-state index in [1.807, 2.05) is 6.07 Å². The highest BCUT2D eigenvalue weighted by Gasteiger charge is 2.14. The molecule has 4 N–H and O–H groups in total. The van der Waals surface area contributed by atoms with Gasteiger partial charge in [-0.1, -0.05) is 17.3 Å². The van der Waals surface area contributed by atoms with Gasteiger partial charge in [-0.2, -0.15) is 0 Å². The van der Waals surface area contributed by atoms with Crippen LogP contribution in [0, 0.1) is 0 Å². The Morgan fingerprint density at radius 3 is 2.95 bits per heavy atom. The van der Waals surface area contributed by atoms with Crippen molar-refractivity contribution in [2.24, 2.45) is 5.73 Å². The lowest BCUT2D eigenvalue weighted by Gasteiger charge is -2.02. The van der Waals surface area contributed by atoms with Crippen molar-refractivity contribution in [2.45, 2.75) is 19.0 Å². The average Bonchev–Trinajstić information content (AvgIpc) is 2.76. The number of aromatic hydroxyl groups is 1. The molecule has 0 spiro atoms. The van der Waals surface area contributed by atoms with Crippen molar-refractivity contribution in [2.75, 3.05) is 0 Å². The van der Waals surface area contributed by atoms with E-state index in [2.05, 4.69) is 10.3 Å². The number of nitrogens with zero attached hydrogens (tertiary/aromatic N) is 3. The summed E-state index contributed by atoms with van der Waals surface area (Å²) >= 11 is 0. The van der Waals surface area contributed by atoms with Gasteiger partial charge < -0.3 is 15.9 Å². The lowest BCUT2D eigenvalue weighted by atomic mass is 10.2. The van der Waals surface area contributed by atoms with E-state index in [1.165, 1.54) is 0 Å². The van der Waals surface area contributed by atoms with Gasteiger partial charge in [-0.05, 0) is 17.7 Å². The first-order valence-corrected chi connectivity index (χ1v) is 5.70. The number of aliphatic carboxylic acids is 1. The summed E-state index contributed by atoms with van der Waals surface area (Å²) in [5, 5.41) is 25.8. The number of phenolic OH excluding ortho intramolecular Hbond substituents is 1. The van der Waals surface area contributed by atoms with Crippen molar-refractivity contribution in [3.8, 4) is 5.75 Å². The highest BCUT2D eigenvalue weighted by atomic mass is 16.4. The van der Waals surface area contributed by atoms with Crippen LogP contribution in [0.5, 0.6) is 5.75 Å². The number of benzene rings is 1. The number of carboxylic acid groups (broad SMARTS) is 1. The number of rotatable bonds is 5. The number of carboxylic acids is 1. The molecule has 7 nitrogen and oxygen atoms in total. The van der Waals surface area contributed by atoms with Gasteiger partial charge in [0.1, 0.15) is 11.8 Å². The molecule has 1 aromatic carbocycles. The van der Waals surface area contributed by atoms with Crippen LogP contribution >= 0.6 is 0 Å². The van der Waals surface area contributed by atoms with E-state index in [0.717, 1.165) is 5.56 Å². The Bertz CT molecular complexity index is 582. The van der Waals surface area contributed by atoms with E-state index in [9.17, 15) is 9.90 Å². The number of phenols is 1. The number of hydrogen-bond acceptors (Lipinski definition) is 5. The van der Waals surface area contributed by atoms with Crippen LogP contribution in [0.3, 0.4) is 0 Å². The van der Waals surface area contributed by atoms with E-state index in [4.69, 9.17) is 10.8 Å². The van der Waals surface area contributed by atoms with Gasteiger partial charge in [-0.25, -0.2) is 4.68 Å². The Morgan fingerprint density at radius 2 is 2.26 bits per heavy atom. The van der Waals surface area contributed by atoms with Gasteiger partial charge in [0.2, 0.25) is 0 Å². The van der Waals surface area contributed by atoms with Gasteiger partial charge >= 0.3 is 5.97 Å². The SMILES string of the molecule is NC(Cc1cn(Cc2cccc(O)c2)nn1)C(=O)O. The van der Waals surface area contributed by atoms with Crippen LogP contribution < -0.4 is 5.73 Å². The highest BCUT2D eigenvalue weighted by molar-refractivity contribution is 5.73. The molecule has 0 saturated heterocycles. The first-order chi connectivity index (χ1) is 9.04. The van der Waals surface area contributed by atoms with E-state index in [-0.39, 0.29) is 12.2 Å². The molecule has 0 radical (unpaired) electrons. The van der Waals surface area contributed by atoms with E-state index in [0.29, 0.717) is 12.2 Å². The van der Waals surface area contributed by atoms with Gasteiger partial charge in [0, 0.05) is 12.6 Å². The third-order valence-corrected chi connectivity index (χ3v) is 2.59. The second-order valence-electron chi connectivity index (χ2n) is 4.23. The summed E-state index contributed by atoms with van der Waals surface area (Å²) in [5.41, 5.74) is 6.82. The van der Waals surface area contributed by atoms with Crippen LogP contribution in [0.1, 0.15) is 11.3 Å². The fourth-order valence-corrected chi connectivity index (χ4v) is 1.66. The van der Waals surface area contributed by atoms with Crippen LogP contribution in [-0.4, -0.2) is 37.2 Å². The standard InChI is InChI=1S/C12H14N4O3/c13-11(12(18)19)5-9-7-16(15-14-9)6-8-2-1-3-10(17)4-8/h1-4,7,11,17H,5-6,13H2,(H,18,19). The minimum Gasteiger partial charge on any atom is -0.508 e. The van der Waals surface area contributed by atoms with Crippen LogP contribution in [0.25, 0.3) is 0 Å². The highest BCUT2D eigenvalue weighted by Crippen LogP contribution is 2.12. The maximum absolute atomic E-state index is 10.6. The molecule has 0 amide bonds. The van der Waals surface area contributed by atoms with Crippen molar-refractivity contribution < 1.29 is 15.0 Å². The smallest absolute Gasteiger partial charge is 0.320 e. The normalized spacial score (nSPS) is 12.3. The van der Waals surface area contributed by atoms with Crippen molar-refractivity contribution >= 4 is 5.97 Å². The number of nitrogens with two attached hydrogens (primary N) is 1. The van der Waals surface area contributed by atoms with Crippen molar-refractivity contribution in [1.29, 1.82) is 0 Å². The van der Waals surface area contributed by atoms with Gasteiger partial charge in [0.15, 0.2) is 0 Å². The van der Waals surface area contributed by atoms with E-state index >= 15 is 0 Å². The summed E-state index contributed by atoms with van der Waals surface area (Å²) in [7, 11) is 0. The fraction of sp³-hybridized carbons (Fsp3) is 0.250. The number of hydrogen-bond donors (Lipinski definition) is 3. The Kier molecular flexibility index (Phi) is 3.76. The van der Waals surface area contributed by atoms with Crippen LogP contribution in [0.2, 0.25) is 0 Å². The van der Waals surface area contributed by atoms with Crippen LogP contribution in [0.4, 0.5) is 0 Å². The maximum atomic E-state index is 10.6. The summed E-state index contributed by atoms with van der Waals surface area (Å²) in [6, 6.07) is 5.82. The molecule has 19 heavy (non-hydrogen) atoms. The lowest BCUT2D eigenvalue weighted by Crippen LogP contribution is -2.32. The van der Waals surface area contributed by atoms with E-state index in [1.54, 1.807) is 29.1 Å².